The van der Waals surface area contributed by atoms with Gasteiger partial charge in [-0.3, -0.25) is 9.59 Å². The molecule has 0 aromatic heterocycles. The van der Waals surface area contributed by atoms with E-state index in [4.69, 9.17) is 0 Å². The third-order valence-electron chi connectivity index (χ3n) is 4.37. The second-order valence-electron chi connectivity index (χ2n) is 5.70. The summed E-state index contributed by atoms with van der Waals surface area (Å²) in [4.78, 5) is 25.9. The lowest BCUT2D eigenvalue weighted by Gasteiger charge is -2.35. The number of carboxylic acids is 1. The minimum Gasteiger partial charge on any atom is -0.481 e. The summed E-state index contributed by atoms with van der Waals surface area (Å²) in [5, 5.41) is 9.45. The van der Waals surface area contributed by atoms with Gasteiger partial charge in [-0.25, -0.2) is 0 Å². The lowest BCUT2D eigenvalue weighted by Crippen LogP contribution is -2.44. The van der Waals surface area contributed by atoms with Crippen LogP contribution in [0.5, 0.6) is 0 Å². The molecule has 1 aromatic carbocycles. The number of amides is 1. The van der Waals surface area contributed by atoms with Crippen LogP contribution in [0.4, 0.5) is 0 Å². The van der Waals surface area contributed by atoms with E-state index in [9.17, 15) is 14.7 Å². The molecule has 0 radical (unpaired) electrons. The van der Waals surface area contributed by atoms with Gasteiger partial charge in [0.15, 0.2) is 0 Å². The topological polar surface area (TPSA) is 57.6 Å². The van der Waals surface area contributed by atoms with Crippen LogP contribution in [-0.4, -0.2) is 39.9 Å². The Hall–Kier alpha value is -1.49. The van der Waals surface area contributed by atoms with Crippen molar-refractivity contribution < 1.29 is 14.7 Å². The quantitative estimate of drug-likeness (QED) is 0.911. The number of hydrogen-bond acceptors (Lipinski definition) is 3. The predicted octanol–water partition coefficient (Wildman–Crippen LogP) is 2.34. The van der Waals surface area contributed by atoms with Crippen LogP contribution in [0, 0.1) is 5.92 Å². The molecule has 0 aliphatic carbocycles. The molecule has 2 aliphatic heterocycles. The minimum absolute atomic E-state index is 0.0750. The Balaban J connectivity index is 1.82. The molecule has 1 aromatic rings. The van der Waals surface area contributed by atoms with E-state index in [2.05, 4.69) is 0 Å². The van der Waals surface area contributed by atoms with Crippen LogP contribution in [0.15, 0.2) is 24.3 Å². The monoisotopic (exact) mass is 305 g/mol. The minimum atomic E-state index is -0.848. The number of carbonyl (C=O) groups is 2. The van der Waals surface area contributed by atoms with Crippen molar-refractivity contribution in [2.45, 2.75) is 25.3 Å². The standard InChI is InChI=1S/C16H19NO3S/c18-15(11-5-7-21-8-6-11)17-9-12-3-1-2-4-13(12)14(10-17)16(19)20/h1-4,11,14H,5-10H2,(H,19,20)/t14-/m1/s1. The van der Waals surface area contributed by atoms with Gasteiger partial charge >= 0.3 is 5.97 Å². The van der Waals surface area contributed by atoms with Crippen molar-refractivity contribution >= 4 is 23.6 Å². The Bertz CT molecular complexity index is 554. The highest BCUT2D eigenvalue weighted by molar-refractivity contribution is 7.99. The molecule has 1 fully saturated rings. The number of nitrogens with zero attached hydrogens (tertiary/aromatic N) is 1. The van der Waals surface area contributed by atoms with E-state index in [1.165, 1.54) is 0 Å². The normalized spacial score (nSPS) is 22.7. The van der Waals surface area contributed by atoms with Crippen LogP contribution < -0.4 is 0 Å². The van der Waals surface area contributed by atoms with Crippen LogP contribution in [0.3, 0.4) is 0 Å². The van der Waals surface area contributed by atoms with Crippen molar-refractivity contribution in [3.63, 3.8) is 0 Å². The lowest BCUT2D eigenvalue weighted by atomic mass is 9.88. The van der Waals surface area contributed by atoms with Gasteiger partial charge in [0.1, 0.15) is 0 Å². The van der Waals surface area contributed by atoms with Crippen molar-refractivity contribution in [2.24, 2.45) is 5.92 Å². The Labute approximate surface area is 128 Å². The van der Waals surface area contributed by atoms with Crippen LogP contribution in [-0.2, 0) is 16.1 Å². The highest BCUT2D eigenvalue weighted by Gasteiger charge is 2.35. The third-order valence-corrected chi connectivity index (χ3v) is 5.42. The highest BCUT2D eigenvalue weighted by atomic mass is 32.2. The van der Waals surface area contributed by atoms with Crippen molar-refractivity contribution in [3.8, 4) is 0 Å². The van der Waals surface area contributed by atoms with E-state index in [0.29, 0.717) is 13.1 Å². The Kier molecular flexibility index (Phi) is 4.19. The summed E-state index contributed by atoms with van der Waals surface area (Å²) < 4.78 is 0. The molecule has 1 N–H and O–H groups in total. The molecule has 1 amide bonds. The molecule has 2 aliphatic rings. The number of carbonyl (C=O) groups excluding carboxylic acids is 1. The van der Waals surface area contributed by atoms with E-state index in [-0.39, 0.29) is 11.8 Å². The van der Waals surface area contributed by atoms with Gasteiger partial charge in [-0.2, -0.15) is 11.8 Å². The molecular formula is C16H19NO3S. The highest BCUT2D eigenvalue weighted by Crippen LogP contribution is 2.31. The molecule has 1 saturated heterocycles. The van der Waals surface area contributed by atoms with Gasteiger partial charge in [0.2, 0.25) is 5.91 Å². The summed E-state index contributed by atoms with van der Waals surface area (Å²) in [6.45, 7) is 0.844. The lowest BCUT2D eigenvalue weighted by molar-refractivity contribution is -0.142. The number of rotatable bonds is 2. The van der Waals surface area contributed by atoms with Gasteiger partial charge < -0.3 is 10.0 Å². The molecule has 0 saturated carbocycles. The molecule has 5 heteroatoms. The van der Waals surface area contributed by atoms with Crippen molar-refractivity contribution in [2.75, 3.05) is 18.1 Å². The predicted molar refractivity (Wildman–Crippen MR) is 82.3 cm³/mol. The number of benzene rings is 1. The second-order valence-corrected chi connectivity index (χ2v) is 6.92. The van der Waals surface area contributed by atoms with Gasteiger partial charge in [0, 0.05) is 19.0 Å². The molecular weight excluding hydrogens is 286 g/mol. The average Bonchev–Trinajstić information content (AvgIpc) is 2.53. The van der Waals surface area contributed by atoms with Crippen molar-refractivity contribution in [1.29, 1.82) is 0 Å². The van der Waals surface area contributed by atoms with E-state index in [0.717, 1.165) is 35.5 Å². The molecule has 4 nitrogen and oxygen atoms in total. The van der Waals surface area contributed by atoms with Gasteiger partial charge in [-0.1, -0.05) is 24.3 Å². The molecule has 112 valence electrons. The molecule has 0 unspecified atom stereocenters. The van der Waals surface area contributed by atoms with Crippen molar-refractivity contribution in [3.05, 3.63) is 35.4 Å². The molecule has 0 spiro atoms. The fourth-order valence-corrected chi connectivity index (χ4v) is 4.30. The summed E-state index contributed by atoms with van der Waals surface area (Å²) in [7, 11) is 0. The SMILES string of the molecule is O=C(O)[C@@H]1CN(C(=O)C2CCSCC2)Cc2ccccc21. The summed E-state index contributed by atoms with van der Waals surface area (Å²) >= 11 is 1.89. The van der Waals surface area contributed by atoms with Crippen LogP contribution in [0.1, 0.15) is 29.9 Å². The zero-order valence-electron chi connectivity index (χ0n) is 11.8. The first-order valence-electron chi connectivity index (χ1n) is 7.34. The van der Waals surface area contributed by atoms with Crippen molar-refractivity contribution in [1.82, 2.24) is 4.90 Å². The zero-order chi connectivity index (χ0) is 14.8. The van der Waals surface area contributed by atoms with E-state index >= 15 is 0 Å². The number of fused-ring (bicyclic) bond motifs is 1. The fourth-order valence-electron chi connectivity index (χ4n) is 3.19. The first-order chi connectivity index (χ1) is 10.2. The Morgan fingerprint density at radius 1 is 1.19 bits per heavy atom. The first kappa shape index (κ1) is 14.4. The maximum atomic E-state index is 12.7. The van der Waals surface area contributed by atoms with Gasteiger partial charge in [-0.05, 0) is 35.5 Å². The average molecular weight is 305 g/mol. The number of carboxylic acid groups (broad SMARTS) is 1. The first-order valence-corrected chi connectivity index (χ1v) is 8.49. The molecule has 2 heterocycles. The maximum Gasteiger partial charge on any atom is 0.312 e. The summed E-state index contributed by atoms with van der Waals surface area (Å²) in [5.74, 6) is 0.824. The van der Waals surface area contributed by atoms with E-state index < -0.39 is 11.9 Å². The molecule has 0 bridgehead atoms. The van der Waals surface area contributed by atoms with E-state index in [1.807, 2.05) is 36.0 Å². The van der Waals surface area contributed by atoms with Gasteiger partial charge in [0.05, 0.1) is 5.92 Å². The van der Waals surface area contributed by atoms with Crippen LogP contribution in [0.25, 0.3) is 0 Å². The largest absolute Gasteiger partial charge is 0.481 e. The second kappa shape index (κ2) is 6.10. The zero-order valence-corrected chi connectivity index (χ0v) is 12.6. The molecule has 1 atom stereocenters. The summed E-state index contributed by atoms with van der Waals surface area (Å²) in [5.41, 5.74) is 1.82. The van der Waals surface area contributed by atoms with Crippen LogP contribution in [0.2, 0.25) is 0 Å². The molecule has 3 rings (SSSR count). The fraction of sp³-hybridized carbons (Fsp3) is 0.500. The number of aliphatic carboxylic acids is 1. The number of thioether (sulfide) groups is 1. The summed E-state index contributed by atoms with van der Waals surface area (Å²) in [6, 6.07) is 7.57. The third kappa shape index (κ3) is 2.93. The Morgan fingerprint density at radius 3 is 2.62 bits per heavy atom. The molecule has 21 heavy (non-hydrogen) atoms. The maximum absolute atomic E-state index is 12.7. The Morgan fingerprint density at radius 2 is 1.90 bits per heavy atom. The van der Waals surface area contributed by atoms with Gasteiger partial charge in [0.25, 0.3) is 0 Å². The number of hydrogen-bond donors (Lipinski definition) is 1. The smallest absolute Gasteiger partial charge is 0.312 e. The van der Waals surface area contributed by atoms with Crippen LogP contribution >= 0.6 is 11.8 Å². The van der Waals surface area contributed by atoms with E-state index in [1.54, 1.807) is 4.90 Å². The summed E-state index contributed by atoms with van der Waals surface area (Å²) in [6.07, 6.45) is 1.83. The van der Waals surface area contributed by atoms with Gasteiger partial charge in [-0.15, -0.1) is 0 Å².